The minimum atomic E-state index is 0.181. The first-order chi connectivity index (χ1) is 8.72. The van der Waals surface area contributed by atoms with E-state index in [1.54, 1.807) is 0 Å². The lowest BCUT2D eigenvalue weighted by atomic mass is 10.1. The van der Waals surface area contributed by atoms with Gasteiger partial charge in [-0.3, -0.25) is 4.79 Å². The van der Waals surface area contributed by atoms with E-state index in [4.69, 9.17) is 0 Å². The number of nitrogens with one attached hydrogen (secondary N) is 1. The van der Waals surface area contributed by atoms with Crippen molar-refractivity contribution in [2.45, 2.75) is 33.1 Å². The van der Waals surface area contributed by atoms with Gasteiger partial charge in [0.25, 0.3) is 5.91 Å². The summed E-state index contributed by atoms with van der Waals surface area (Å²) in [6.45, 7) is 6.84. The van der Waals surface area contributed by atoms with Crippen LogP contribution in [-0.2, 0) is 0 Å². The molecule has 3 heteroatoms. The van der Waals surface area contributed by atoms with Gasteiger partial charge in [0.15, 0.2) is 0 Å². The molecule has 1 aliphatic heterocycles. The Kier molecular flexibility index (Phi) is 4.24. The zero-order valence-corrected chi connectivity index (χ0v) is 11.3. The first kappa shape index (κ1) is 12.9. The van der Waals surface area contributed by atoms with Crippen LogP contribution in [-0.4, -0.2) is 30.4 Å². The smallest absolute Gasteiger partial charge is 0.253 e. The van der Waals surface area contributed by atoms with Crippen molar-refractivity contribution in [1.29, 1.82) is 0 Å². The summed E-state index contributed by atoms with van der Waals surface area (Å²) in [6.07, 6.45) is 3.53. The van der Waals surface area contributed by atoms with Gasteiger partial charge in [0.05, 0.1) is 0 Å². The number of carbonyl (C=O) groups excluding carboxylic acids is 1. The summed E-state index contributed by atoms with van der Waals surface area (Å²) in [7, 11) is 0. The Morgan fingerprint density at radius 1 is 1.28 bits per heavy atom. The fourth-order valence-electron chi connectivity index (χ4n) is 2.47. The van der Waals surface area contributed by atoms with Gasteiger partial charge >= 0.3 is 0 Å². The number of benzene rings is 1. The van der Waals surface area contributed by atoms with Crippen LogP contribution in [0, 0.1) is 6.92 Å². The molecule has 0 spiro atoms. The molecule has 0 atom stereocenters. The van der Waals surface area contributed by atoms with Gasteiger partial charge in [0, 0.05) is 30.9 Å². The van der Waals surface area contributed by atoms with Crippen LogP contribution in [0.25, 0.3) is 0 Å². The van der Waals surface area contributed by atoms with Crippen LogP contribution in [0.2, 0.25) is 0 Å². The van der Waals surface area contributed by atoms with Crippen molar-refractivity contribution in [3.63, 3.8) is 0 Å². The molecule has 0 saturated carbocycles. The first-order valence-corrected chi connectivity index (χ1v) is 6.86. The van der Waals surface area contributed by atoms with E-state index in [1.165, 1.54) is 6.42 Å². The van der Waals surface area contributed by atoms with Crippen molar-refractivity contribution >= 4 is 11.6 Å². The lowest BCUT2D eigenvalue weighted by Crippen LogP contribution is -2.35. The van der Waals surface area contributed by atoms with Crippen LogP contribution < -0.4 is 5.32 Å². The van der Waals surface area contributed by atoms with Crippen molar-refractivity contribution in [2.75, 3.05) is 25.0 Å². The number of hydrogen-bond acceptors (Lipinski definition) is 2. The summed E-state index contributed by atoms with van der Waals surface area (Å²) >= 11 is 0. The molecular formula is C15H22N2O. The topological polar surface area (TPSA) is 32.3 Å². The Hall–Kier alpha value is -1.51. The zero-order chi connectivity index (χ0) is 13.0. The monoisotopic (exact) mass is 246 g/mol. The number of nitrogens with zero attached hydrogens (tertiary/aromatic N) is 1. The summed E-state index contributed by atoms with van der Waals surface area (Å²) in [5.74, 6) is 0.181. The summed E-state index contributed by atoms with van der Waals surface area (Å²) < 4.78 is 0. The second-order valence-corrected chi connectivity index (χ2v) is 4.91. The summed E-state index contributed by atoms with van der Waals surface area (Å²) in [4.78, 5) is 14.3. The quantitative estimate of drug-likeness (QED) is 0.889. The standard InChI is InChI=1S/C15H22N2O/c1-3-16-14-8-7-13(11-12(14)2)15(18)17-9-5-4-6-10-17/h7-8,11,16H,3-6,9-10H2,1-2H3. The molecule has 1 aromatic carbocycles. The molecular weight excluding hydrogens is 224 g/mol. The first-order valence-electron chi connectivity index (χ1n) is 6.86. The molecule has 1 aliphatic rings. The predicted molar refractivity (Wildman–Crippen MR) is 75.1 cm³/mol. The number of amides is 1. The van der Waals surface area contributed by atoms with Gasteiger partial charge < -0.3 is 10.2 Å². The summed E-state index contributed by atoms with van der Waals surface area (Å²) in [5, 5.41) is 3.30. The fraction of sp³-hybridized carbons (Fsp3) is 0.533. The maximum absolute atomic E-state index is 12.3. The molecule has 18 heavy (non-hydrogen) atoms. The van der Waals surface area contributed by atoms with Gasteiger partial charge in [-0.2, -0.15) is 0 Å². The number of aryl methyl sites for hydroxylation is 1. The van der Waals surface area contributed by atoms with Gasteiger partial charge in [-0.15, -0.1) is 0 Å². The van der Waals surface area contributed by atoms with Crippen molar-refractivity contribution in [3.8, 4) is 0 Å². The second kappa shape index (κ2) is 5.89. The molecule has 1 N–H and O–H groups in total. The third kappa shape index (κ3) is 2.84. The fourth-order valence-corrected chi connectivity index (χ4v) is 2.47. The zero-order valence-electron chi connectivity index (χ0n) is 11.3. The molecule has 0 unspecified atom stereocenters. The van der Waals surface area contributed by atoms with Gasteiger partial charge in [0.1, 0.15) is 0 Å². The number of anilines is 1. The molecule has 1 aromatic rings. The second-order valence-electron chi connectivity index (χ2n) is 4.91. The summed E-state index contributed by atoms with van der Waals surface area (Å²) in [5.41, 5.74) is 3.07. The van der Waals surface area contributed by atoms with E-state index in [0.717, 1.165) is 49.3 Å². The van der Waals surface area contributed by atoms with Gasteiger partial charge in [-0.25, -0.2) is 0 Å². The Morgan fingerprint density at radius 3 is 2.61 bits per heavy atom. The van der Waals surface area contributed by atoms with E-state index in [0.29, 0.717) is 0 Å². The number of piperidine rings is 1. The third-order valence-corrected chi connectivity index (χ3v) is 3.48. The number of carbonyl (C=O) groups is 1. The molecule has 0 aliphatic carbocycles. The van der Waals surface area contributed by atoms with Gasteiger partial charge in [-0.1, -0.05) is 0 Å². The Morgan fingerprint density at radius 2 is 2.00 bits per heavy atom. The SMILES string of the molecule is CCNc1ccc(C(=O)N2CCCCC2)cc1C. The Bertz CT molecular complexity index is 423. The summed E-state index contributed by atoms with van der Waals surface area (Å²) in [6, 6.07) is 5.94. The highest BCUT2D eigenvalue weighted by molar-refractivity contribution is 5.95. The maximum atomic E-state index is 12.3. The van der Waals surface area contributed by atoms with Crippen LogP contribution in [0.15, 0.2) is 18.2 Å². The molecule has 1 heterocycles. The Labute approximate surface area is 109 Å². The van der Waals surface area contributed by atoms with Crippen molar-refractivity contribution in [2.24, 2.45) is 0 Å². The van der Waals surface area contributed by atoms with Crippen molar-refractivity contribution in [1.82, 2.24) is 4.90 Å². The van der Waals surface area contributed by atoms with Crippen LogP contribution in [0.3, 0.4) is 0 Å². The molecule has 98 valence electrons. The highest BCUT2D eigenvalue weighted by Gasteiger charge is 2.18. The lowest BCUT2D eigenvalue weighted by molar-refractivity contribution is 0.0724. The van der Waals surface area contributed by atoms with Crippen LogP contribution in [0.5, 0.6) is 0 Å². The largest absolute Gasteiger partial charge is 0.385 e. The van der Waals surface area contributed by atoms with E-state index in [1.807, 2.05) is 30.0 Å². The molecule has 2 rings (SSSR count). The average Bonchev–Trinajstić information content (AvgIpc) is 2.41. The predicted octanol–water partition coefficient (Wildman–Crippen LogP) is 3.05. The van der Waals surface area contributed by atoms with Crippen LogP contribution in [0.1, 0.15) is 42.1 Å². The number of rotatable bonds is 3. The molecule has 0 bridgehead atoms. The molecule has 0 aromatic heterocycles. The average molecular weight is 246 g/mol. The Balaban J connectivity index is 2.12. The highest BCUT2D eigenvalue weighted by atomic mass is 16.2. The minimum Gasteiger partial charge on any atom is -0.385 e. The van der Waals surface area contributed by atoms with Crippen LogP contribution >= 0.6 is 0 Å². The highest BCUT2D eigenvalue weighted by Crippen LogP contribution is 2.19. The molecule has 0 radical (unpaired) electrons. The van der Waals surface area contributed by atoms with Gasteiger partial charge in [0.2, 0.25) is 0 Å². The molecule has 1 saturated heterocycles. The van der Waals surface area contributed by atoms with Crippen molar-refractivity contribution < 1.29 is 4.79 Å². The van der Waals surface area contributed by atoms with Crippen LogP contribution in [0.4, 0.5) is 5.69 Å². The normalized spacial score (nSPS) is 15.6. The molecule has 1 fully saturated rings. The van der Waals surface area contributed by atoms with E-state index in [9.17, 15) is 4.79 Å². The van der Waals surface area contributed by atoms with Gasteiger partial charge in [-0.05, 0) is 56.9 Å². The van der Waals surface area contributed by atoms with E-state index < -0.39 is 0 Å². The third-order valence-electron chi connectivity index (χ3n) is 3.48. The van der Waals surface area contributed by atoms with E-state index in [-0.39, 0.29) is 5.91 Å². The molecule has 3 nitrogen and oxygen atoms in total. The molecule has 1 amide bonds. The maximum Gasteiger partial charge on any atom is 0.253 e. The van der Waals surface area contributed by atoms with E-state index >= 15 is 0 Å². The minimum absolute atomic E-state index is 0.181. The van der Waals surface area contributed by atoms with E-state index in [2.05, 4.69) is 12.2 Å². The van der Waals surface area contributed by atoms with Crippen molar-refractivity contribution in [3.05, 3.63) is 29.3 Å². The number of likely N-dealkylation sites (tertiary alicyclic amines) is 1. The lowest BCUT2D eigenvalue weighted by Gasteiger charge is -2.27. The number of hydrogen-bond donors (Lipinski definition) is 1.